The molecule has 5 nitrogen and oxygen atoms in total. The second kappa shape index (κ2) is 9.21. The van der Waals surface area contributed by atoms with Crippen LogP contribution in [-0.4, -0.2) is 23.3 Å². The van der Waals surface area contributed by atoms with Gasteiger partial charge in [-0.25, -0.2) is 5.43 Å². The molecular weight excluding hydrogens is 488 g/mol. The van der Waals surface area contributed by atoms with Gasteiger partial charge in [0, 0.05) is 10.0 Å². The highest BCUT2D eigenvalue weighted by Gasteiger charge is 2.19. The van der Waals surface area contributed by atoms with E-state index in [-0.39, 0.29) is 11.7 Å². The summed E-state index contributed by atoms with van der Waals surface area (Å²) in [7, 11) is 0. The minimum Gasteiger partial charge on any atom is -0.507 e. The predicted molar refractivity (Wildman–Crippen MR) is 118 cm³/mol. The molecule has 0 bridgehead atoms. The average molecular weight is 506 g/mol. The number of benzene rings is 3. The molecule has 0 aliphatic rings. The van der Waals surface area contributed by atoms with Crippen molar-refractivity contribution in [2.45, 2.75) is 19.4 Å². The number of nitrogens with one attached hydrogen (secondary N) is 1. The summed E-state index contributed by atoms with van der Waals surface area (Å²) in [6.45, 7) is 1.86. The molecule has 0 saturated heterocycles. The number of fused-ring (bicyclic) bond motifs is 1. The van der Waals surface area contributed by atoms with Crippen molar-refractivity contribution in [1.82, 2.24) is 5.43 Å². The van der Waals surface area contributed by atoms with Crippen molar-refractivity contribution in [2.75, 3.05) is 0 Å². The van der Waals surface area contributed by atoms with Crippen LogP contribution in [0.5, 0.6) is 11.5 Å². The number of hydrazone groups is 1. The zero-order chi connectivity index (χ0) is 20.1. The van der Waals surface area contributed by atoms with Gasteiger partial charge < -0.3 is 9.84 Å². The van der Waals surface area contributed by atoms with Crippen LogP contribution in [0.25, 0.3) is 10.8 Å². The Balaban J connectivity index is 1.71. The molecule has 1 amide bonds. The molecule has 144 valence electrons. The van der Waals surface area contributed by atoms with Crippen LogP contribution in [0, 0.1) is 0 Å². The van der Waals surface area contributed by atoms with Gasteiger partial charge in [-0.05, 0) is 57.4 Å². The Hall–Kier alpha value is -2.38. The van der Waals surface area contributed by atoms with E-state index in [2.05, 4.69) is 42.4 Å². The molecule has 3 rings (SSSR count). The lowest BCUT2D eigenvalue weighted by Crippen LogP contribution is -2.35. The third kappa shape index (κ3) is 4.72. The quantitative estimate of drug-likeness (QED) is 0.349. The van der Waals surface area contributed by atoms with Crippen LogP contribution in [0.4, 0.5) is 0 Å². The van der Waals surface area contributed by atoms with E-state index >= 15 is 0 Å². The summed E-state index contributed by atoms with van der Waals surface area (Å²) in [4.78, 5) is 12.5. The zero-order valence-electron chi connectivity index (χ0n) is 15.0. The van der Waals surface area contributed by atoms with Crippen molar-refractivity contribution in [3.63, 3.8) is 0 Å². The van der Waals surface area contributed by atoms with Crippen LogP contribution in [0.3, 0.4) is 0 Å². The van der Waals surface area contributed by atoms with Gasteiger partial charge in [-0.15, -0.1) is 0 Å². The van der Waals surface area contributed by atoms with Crippen molar-refractivity contribution < 1.29 is 14.6 Å². The largest absolute Gasteiger partial charge is 0.507 e. The molecule has 7 heteroatoms. The highest BCUT2D eigenvalue weighted by Crippen LogP contribution is 2.33. The predicted octanol–water partition coefficient (Wildman–Crippen LogP) is 5.38. The normalized spacial score (nSPS) is 12.2. The number of ether oxygens (including phenoxy) is 1. The fourth-order valence-corrected chi connectivity index (χ4v) is 3.61. The van der Waals surface area contributed by atoms with Gasteiger partial charge in [0.15, 0.2) is 6.10 Å². The third-order valence-electron chi connectivity index (χ3n) is 4.13. The van der Waals surface area contributed by atoms with Gasteiger partial charge in [0.1, 0.15) is 11.5 Å². The molecule has 0 aliphatic carbocycles. The van der Waals surface area contributed by atoms with E-state index in [1.54, 1.807) is 18.2 Å². The molecule has 28 heavy (non-hydrogen) atoms. The van der Waals surface area contributed by atoms with Gasteiger partial charge in [0.05, 0.1) is 10.7 Å². The molecule has 0 unspecified atom stereocenters. The standard InChI is InChI=1S/C21H18Br2N2O3/c1-2-18(21(27)25-24-12-14-11-15(22)8-9-17(14)26)28-19-10-7-13-5-3-4-6-16(13)20(19)23/h3-12,18,26H,2H2,1H3,(H,25,27)/b24-12-/t18-/m0/s1. The number of amides is 1. The van der Waals surface area contributed by atoms with Crippen molar-refractivity contribution in [3.8, 4) is 11.5 Å². The lowest BCUT2D eigenvalue weighted by Gasteiger charge is -2.17. The molecule has 3 aromatic rings. The molecule has 1 atom stereocenters. The van der Waals surface area contributed by atoms with Crippen LogP contribution in [-0.2, 0) is 4.79 Å². The number of phenolic OH excluding ortho intramolecular Hbond substituents is 1. The van der Waals surface area contributed by atoms with E-state index in [9.17, 15) is 9.90 Å². The summed E-state index contributed by atoms with van der Waals surface area (Å²) >= 11 is 6.90. The van der Waals surface area contributed by atoms with Gasteiger partial charge in [0.25, 0.3) is 5.91 Å². The first-order valence-corrected chi connectivity index (χ1v) is 10.2. The minimum atomic E-state index is -0.703. The van der Waals surface area contributed by atoms with Crippen molar-refractivity contribution in [1.29, 1.82) is 0 Å². The van der Waals surface area contributed by atoms with E-state index in [1.165, 1.54) is 6.21 Å². The Bertz CT molecular complexity index is 1040. The number of hydrogen-bond donors (Lipinski definition) is 2. The lowest BCUT2D eigenvalue weighted by atomic mass is 10.1. The van der Waals surface area contributed by atoms with E-state index < -0.39 is 6.10 Å². The first kappa shape index (κ1) is 20.4. The van der Waals surface area contributed by atoms with Gasteiger partial charge >= 0.3 is 0 Å². The van der Waals surface area contributed by atoms with Crippen LogP contribution in [0.15, 0.2) is 68.6 Å². The Labute approximate surface area is 179 Å². The van der Waals surface area contributed by atoms with Gasteiger partial charge in [-0.3, -0.25) is 4.79 Å². The first-order valence-electron chi connectivity index (χ1n) is 8.65. The monoisotopic (exact) mass is 504 g/mol. The molecule has 3 aromatic carbocycles. The van der Waals surface area contributed by atoms with Crippen molar-refractivity contribution in [3.05, 3.63) is 69.1 Å². The number of hydrogen-bond acceptors (Lipinski definition) is 4. The molecule has 0 fully saturated rings. The maximum Gasteiger partial charge on any atom is 0.281 e. The van der Waals surface area contributed by atoms with Crippen molar-refractivity contribution in [2.24, 2.45) is 5.10 Å². The Kier molecular flexibility index (Phi) is 6.70. The summed E-state index contributed by atoms with van der Waals surface area (Å²) in [5.74, 6) is 0.298. The molecule has 0 aromatic heterocycles. The molecule has 0 heterocycles. The van der Waals surface area contributed by atoms with E-state index in [0.29, 0.717) is 17.7 Å². The number of carbonyl (C=O) groups excluding carboxylic acids is 1. The minimum absolute atomic E-state index is 0.0737. The zero-order valence-corrected chi connectivity index (χ0v) is 18.2. The average Bonchev–Trinajstić information content (AvgIpc) is 2.70. The van der Waals surface area contributed by atoms with Crippen LogP contribution < -0.4 is 10.2 Å². The number of carbonyl (C=O) groups is 1. The second-order valence-corrected chi connectivity index (χ2v) is 7.76. The molecule has 0 saturated carbocycles. The second-order valence-electron chi connectivity index (χ2n) is 6.05. The fraction of sp³-hybridized carbons (Fsp3) is 0.143. The number of aromatic hydroxyl groups is 1. The van der Waals surface area contributed by atoms with Crippen LogP contribution in [0.1, 0.15) is 18.9 Å². The van der Waals surface area contributed by atoms with E-state index in [1.807, 2.05) is 43.3 Å². The summed E-state index contributed by atoms with van der Waals surface area (Å²) in [5, 5.41) is 15.8. The number of phenols is 1. The van der Waals surface area contributed by atoms with Crippen LogP contribution >= 0.6 is 31.9 Å². The van der Waals surface area contributed by atoms with Crippen LogP contribution in [0.2, 0.25) is 0 Å². The Morgan fingerprint density at radius 3 is 2.79 bits per heavy atom. The molecule has 0 radical (unpaired) electrons. The summed E-state index contributed by atoms with van der Waals surface area (Å²) in [6, 6.07) is 16.7. The smallest absolute Gasteiger partial charge is 0.281 e. The van der Waals surface area contributed by atoms with Gasteiger partial charge in [-0.2, -0.15) is 5.10 Å². The Morgan fingerprint density at radius 2 is 2.00 bits per heavy atom. The maximum atomic E-state index is 12.5. The SMILES string of the molecule is CC[C@H](Oc1ccc2ccccc2c1Br)C(=O)N/N=C\c1cc(Br)ccc1O. The van der Waals surface area contributed by atoms with Gasteiger partial charge in [-0.1, -0.05) is 53.2 Å². The topological polar surface area (TPSA) is 70.9 Å². The Morgan fingerprint density at radius 1 is 1.21 bits per heavy atom. The molecule has 0 aliphatic heterocycles. The van der Waals surface area contributed by atoms with E-state index in [4.69, 9.17) is 4.74 Å². The highest BCUT2D eigenvalue weighted by atomic mass is 79.9. The molecule has 2 N–H and O–H groups in total. The van der Waals surface area contributed by atoms with Gasteiger partial charge in [0.2, 0.25) is 0 Å². The highest BCUT2D eigenvalue weighted by molar-refractivity contribution is 9.11. The number of rotatable bonds is 6. The van der Waals surface area contributed by atoms with Crippen molar-refractivity contribution >= 4 is 54.8 Å². The number of halogens is 2. The molecular formula is C21H18Br2N2O3. The number of nitrogens with zero attached hydrogens (tertiary/aromatic N) is 1. The summed E-state index contributed by atoms with van der Waals surface area (Å²) < 4.78 is 7.53. The van der Waals surface area contributed by atoms with E-state index in [0.717, 1.165) is 19.7 Å². The molecule has 0 spiro atoms. The lowest BCUT2D eigenvalue weighted by molar-refractivity contribution is -0.128. The maximum absolute atomic E-state index is 12.5. The third-order valence-corrected chi connectivity index (χ3v) is 5.44. The summed E-state index contributed by atoms with van der Waals surface area (Å²) in [6.07, 6.45) is 1.16. The summed E-state index contributed by atoms with van der Waals surface area (Å²) in [5.41, 5.74) is 2.96. The fourth-order valence-electron chi connectivity index (χ4n) is 2.65. The first-order chi connectivity index (χ1) is 13.5.